The van der Waals surface area contributed by atoms with Crippen molar-refractivity contribution in [2.75, 3.05) is 39.5 Å². The molecule has 1 unspecified atom stereocenters. The van der Waals surface area contributed by atoms with Crippen LogP contribution in [-0.4, -0.2) is 62.3 Å². The molecule has 6 nitrogen and oxygen atoms in total. The van der Waals surface area contributed by atoms with Crippen LogP contribution < -0.4 is 5.32 Å². The van der Waals surface area contributed by atoms with Crippen molar-refractivity contribution in [2.45, 2.75) is 26.3 Å². The number of piperazine rings is 1. The van der Waals surface area contributed by atoms with Crippen LogP contribution in [0.15, 0.2) is 0 Å². The van der Waals surface area contributed by atoms with Crippen molar-refractivity contribution in [3.63, 3.8) is 0 Å². The van der Waals surface area contributed by atoms with Crippen LogP contribution in [0.25, 0.3) is 0 Å². The Balaban J connectivity index is 2.52. The highest BCUT2D eigenvalue weighted by Gasteiger charge is 2.32. The molecule has 1 aliphatic heterocycles. The van der Waals surface area contributed by atoms with Gasteiger partial charge in [-0.05, 0) is 13.3 Å². The molecule has 0 aromatic carbocycles. The minimum absolute atomic E-state index is 0.0315. The second-order valence-electron chi connectivity index (χ2n) is 4.11. The summed E-state index contributed by atoms with van der Waals surface area (Å²) in [5.41, 5.74) is 0. The summed E-state index contributed by atoms with van der Waals surface area (Å²) in [7, 11) is 0. The third-order valence-corrected chi connectivity index (χ3v) is 2.70. The van der Waals surface area contributed by atoms with Crippen molar-refractivity contribution in [1.82, 2.24) is 10.2 Å². The number of hydrogen-bond donors (Lipinski definition) is 1. The molecule has 0 aromatic heterocycles. The molecule has 104 valence electrons. The van der Waals surface area contributed by atoms with Crippen LogP contribution in [0.1, 0.15) is 20.3 Å². The van der Waals surface area contributed by atoms with E-state index in [1.807, 2.05) is 6.92 Å². The summed E-state index contributed by atoms with van der Waals surface area (Å²) in [5, 5.41) is 3.09. The molecule has 1 N–H and O–H groups in total. The molecule has 1 amide bonds. The lowest BCUT2D eigenvalue weighted by atomic mass is 10.2. The van der Waals surface area contributed by atoms with Gasteiger partial charge in [0.15, 0.2) is 0 Å². The first-order valence-corrected chi connectivity index (χ1v) is 6.45. The van der Waals surface area contributed by atoms with Crippen molar-refractivity contribution in [1.29, 1.82) is 0 Å². The van der Waals surface area contributed by atoms with Crippen molar-refractivity contribution in [3.05, 3.63) is 0 Å². The Kier molecular flexibility index (Phi) is 6.67. The van der Waals surface area contributed by atoms with Crippen LogP contribution in [-0.2, 0) is 19.1 Å². The van der Waals surface area contributed by atoms with Gasteiger partial charge in [-0.2, -0.15) is 0 Å². The predicted molar refractivity (Wildman–Crippen MR) is 66.1 cm³/mol. The monoisotopic (exact) mass is 258 g/mol. The van der Waals surface area contributed by atoms with Gasteiger partial charge in [0, 0.05) is 26.2 Å². The Morgan fingerprint density at radius 1 is 1.39 bits per heavy atom. The van der Waals surface area contributed by atoms with Gasteiger partial charge < -0.3 is 19.7 Å². The van der Waals surface area contributed by atoms with E-state index in [4.69, 9.17) is 9.47 Å². The number of esters is 1. The molecule has 6 heteroatoms. The minimum atomic E-state index is -0.531. The number of amides is 1. The highest BCUT2D eigenvalue weighted by Crippen LogP contribution is 2.06. The Labute approximate surface area is 108 Å². The highest BCUT2D eigenvalue weighted by atomic mass is 16.5. The molecule has 1 atom stereocenters. The van der Waals surface area contributed by atoms with E-state index in [1.165, 1.54) is 0 Å². The molecule has 1 heterocycles. The van der Waals surface area contributed by atoms with Gasteiger partial charge in [-0.25, -0.2) is 4.79 Å². The van der Waals surface area contributed by atoms with Crippen LogP contribution in [0.2, 0.25) is 0 Å². The number of nitrogens with one attached hydrogen (secondary N) is 1. The maximum absolute atomic E-state index is 12.0. The number of ether oxygens (including phenoxy) is 2. The zero-order valence-corrected chi connectivity index (χ0v) is 11.1. The van der Waals surface area contributed by atoms with E-state index in [1.54, 1.807) is 11.8 Å². The summed E-state index contributed by atoms with van der Waals surface area (Å²) in [6.07, 6.45) is 0.871. The highest BCUT2D eigenvalue weighted by molar-refractivity contribution is 5.85. The molecule has 1 aliphatic rings. The largest absolute Gasteiger partial charge is 0.464 e. The van der Waals surface area contributed by atoms with Crippen LogP contribution in [0.4, 0.5) is 0 Å². The van der Waals surface area contributed by atoms with E-state index in [0.717, 1.165) is 6.42 Å². The SMILES string of the molecule is CCCOCC(=O)N1CCNCC1C(=O)OCC. The molecule has 0 bridgehead atoms. The second kappa shape index (κ2) is 8.05. The van der Waals surface area contributed by atoms with Crippen molar-refractivity contribution < 1.29 is 19.1 Å². The van der Waals surface area contributed by atoms with Gasteiger partial charge in [0.05, 0.1) is 6.61 Å². The fourth-order valence-corrected chi connectivity index (χ4v) is 1.84. The van der Waals surface area contributed by atoms with E-state index in [9.17, 15) is 9.59 Å². The summed E-state index contributed by atoms with van der Waals surface area (Å²) in [5.74, 6) is -0.503. The van der Waals surface area contributed by atoms with Crippen molar-refractivity contribution in [2.24, 2.45) is 0 Å². The van der Waals surface area contributed by atoms with Gasteiger partial charge in [-0.3, -0.25) is 4.79 Å². The second-order valence-corrected chi connectivity index (χ2v) is 4.11. The number of carbonyl (C=O) groups is 2. The first-order valence-electron chi connectivity index (χ1n) is 6.45. The third-order valence-electron chi connectivity index (χ3n) is 2.70. The summed E-state index contributed by atoms with van der Waals surface area (Å²) in [6.45, 7) is 6.29. The van der Waals surface area contributed by atoms with Crippen molar-refractivity contribution >= 4 is 11.9 Å². The quantitative estimate of drug-likeness (QED) is 0.527. The van der Waals surface area contributed by atoms with E-state index < -0.39 is 6.04 Å². The molecule has 1 saturated heterocycles. The third kappa shape index (κ3) is 4.27. The fourth-order valence-electron chi connectivity index (χ4n) is 1.84. The summed E-state index contributed by atoms with van der Waals surface area (Å²) in [6, 6.07) is -0.531. The Bertz CT molecular complexity index is 283. The van der Waals surface area contributed by atoms with Crippen LogP contribution in [0.5, 0.6) is 0 Å². The zero-order chi connectivity index (χ0) is 13.4. The van der Waals surface area contributed by atoms with Gasteiger partial charge in [0.2, 0.25) is 5.91 Å². The average molecular weight is 258 g/mol. The average Bonchev–Trinajstić information content (AvgIpc) is 2.39. The summed E-state index contributed by atoms with van der Waals surface area (Å²) in [4.78, 5) is 25.2. The van der Waals surface area contributed by atoms with E-state index in [2.05, 4.69) is 5.32 Å². The Morgan fingerprint density at radius 3 is 2.83 bits per heavy atom. The van der Waals surface area contributed by atoms with Gasteiger partial charge in [0.25, 0.3) is 0 Å². The maximum Gasteiger partial charge on any atom is 0.330 e. The normalized spacial score (nSPS) is 19.7. The molecule has 0 saturated carbocycles. The van der Waals surface area contributed by atoms with Crippen LogP contribution >= 0.6 is 0 Å². The zero-order valence-electron chi connectivity index (χ0n) is 11.1. The summed E-state index contributed by atoms with van der Waals surface area (Å²) < 4.78 is 10.2. The lowest BCUT2D eigenvalue weighted by Gasteiger charge is -2.34. The minimum Gasteiger partial charge on any atom is -0.464 e. The van der Waals surface area contributed by atoms with Gasteiger partial charge in [-0.15, -0.1) is 0 Å². The molecular weight excluding hydrogens is 236 g/mol. The first kappa shape index (κ1) is 14.9. The molecule has 1 rings (SSSR count). The standard InChI is InChI=1S/C12H22N2O4/c1-3-7-17-9-11(15)14-6-5-13-8-10(14)12(16)18-4-2/h10,13H,3-9H2,1-2H3. The smallest absolute Gasteiger partial charge is 0.330 e. The lowest BCUT2D eigenvalue weighted by Crippen LogP contribution is -2.58. The molecule has 18 heavy (non-hydrogen) atoms. The molecular formula is C12H22N2O4. The van der Waals surface area contributed by atoms with Crippen LogP contribution in [0, 0.1) is 0 Å². The van der Waals surface area contributed by atoms with Crippen molar-refractivity contribution in [3.8, 4) is 0 Å². The van der Waals surface area contributed by atoms with Gasteiger partial charge >= 0.3 is 5.97 Å². The lowest BCUT2D eigenvalue weighted by molar-refractivity contribution is -0.157. The Morgan fingerprint density at radius 2 is 2.17 bits per heavy atom. The maximum atomic E-state index is 12.0. The Hall–Kier alpha value is -1.14. The van der Waals surface area contributed by atoms with E-state index in [0.29, 0.717) is 32.8 Å². The fraction of sp³-hybridized carbons (Fsp3) is 0.833. The number of nitrogens with zero attached hydrogens (tertiary/aromatic N) is 1. The molecule has 0 aromatic rings. The number of rotatable bonds is 6. The molecule has 0 radical (unpaired) electrons. The van der Waals surface area contributed by atoms with Crippen LogP contribution in [0.3, 0.4) is 0 Å². The number of carbonyl (C=O) groups excluding carboxylic acids is 2. The van der Waals surface area contributed by atoms with E-state index >= 15 is 0 Å². The number of hydrogen-bond acceptors (Lipinski definition) is 5. The van der Waals surface area contributed by atoms with Gasteiger partial charge in [-0.1, -0.05) is 6.92 Å². The summed E-state index contributed by atoms with van der Waals surface area (Å²) >= 11 is 0. The molecule has 1 fully saturated rings. The molecule has 0 spiro atoms. The molecule has 0 aliphatic carbocycles. The van der Waals surface area contributed by atoms with Gasteiger partial charge in [0.1, 0.15) is 12.6 Å². The predicted octanol–water partition coefficient (Wildman–Crippen LogP) is -0.223. The first-order chi connectivity index (χ1) is 8.70. The topological polar surface area (TPSA) is 67.9 Å². The van der Waals surface area contributed by atoms with E-state index in [-0.39, 0.29) is 18.5 Å².